The minimum atomic E-state index is -0.734. The molecule has 5 atom stereocenters. The van der Waals surface area contributed by atoms with E-state index < -0.39 is 12.2 Å². The van der Waals surface area contributed by atoms with Crippen molar-refractivity contribution in [3.63, 3.8) is 0 Å². The van der Waals surface area contributed by atoms with Gasteiger partial charge in [-0.15, -0.1) is 0 Å². The molecule has 12 heavy (non-hydrogen) atoms. The van der Waals surface area contributed by atoms with Crippen LogP contribution in [0, 0.1) is 5.92 Å². The summed E-state index contributed by atoms with van der Waals surface area (Å²) in [5.74, 6) is 0.0289. The van der Waals surface area contributed by atoms with Gasteiger partial charge in [0.15, 0.2) is 0 Å². The Kier molecular flexibility index (Phi) is 3.09. The van der Waals surface area contributed by atoms with E-state index in [1.807, 2.05) is 13.8 Å². The lowest BCUT2D eigenvalue weighted by atomic mass is 9.87. The minimum Gasteiger partial charge on any atom is -0.390 e. The van der Waals surface area contributed by atoms with Crippen molar-refractivity contribution in [1.82, 2.24) is 0 Å². The van der Waals surface area contributed by atoms with E-state index in [1.165, 1.54) is 0 Å². The maximum absolute atomic E-state index is 9.59. The van der Waals surface area contributed by atoms with Crippen LogP contribution in [0.2, 0.25) is 0 Å². The molecule has 1 fully saturated rings. The molecule has 0 aromatic heterocycles. The predicted octanol–water partition coefficient (Wildman–Crippen LogP) is 0.542. The lowest BCUT2D eigenvalue weighted by molar-refractivity contribution is -0.190. The van der Waals surface area contributed by atoms with Crippen LogP contribution in [0.3, 0.4) is 0 Å². The highest BCUT2D eigenvalue weighted by molar-refractivity contribution is 4.87. The Balaban J connectivity index is 2.63. The van der Waals surface area contributed by atoms with Crippen LogP contribution in [0.4, 0.5) is 0 Å². The van der Waals surface area contributed by atoms with Gasteiger partial charge in [0.25, 0.3) is 0 Å². The second-order valence-corrected chi connectivity index (χ2v) is 3.63. The van der Waals surface area contributed by atoms with Crippen molar-refractivity contribution >= 4 is 0 Å². The fourth-order valence-electron chi connectivity index (χ4n) is 1.76. The molecule has 0 spiro atoms. The SMILES string of the molecule is CCC1O[C@@H](C)C(O)[C@@H](O)[C@@H]1C. The first-order valence-corrected chi connectivity index (χ1v) is 4.59. The van der Waals surface area contributed by atoms with Crippen LogP contribution in [0.15, 0.2) is 0 Å². The maximum atomic E-state index is 9.59. The number of aliphatic hydroxyl groups is 2. The topological polar surface area (TPSA) is 49.7 Å². The molecule has 1 aliphatic heterocycles. The average Bonchev–Trinajstić information content (AvgIpc) is 2.08. The molecular formula is C9H18O3. The standard InChI is InChI=1S/C9H18O3/c1-4-7-5(2)8(10)9(11)6(3)12-7/h5-11H,4H2,1-3H3/t5-,6+,7?,8+,9?/m1/s1. The van der Waals surface area contributed by atoms with E-state index in [0.717, 1.165) is 6.42 Å². The van der Waals surface area contributed by atoms with Gasteiger partial charge in [0.05, 0.1) is 18.3 Å². The second-order valence-electron chi connectivity index (χ2n) is 3.63. The molecule has 0 aromatic rings. The quantitative estimate of drug-likeness (QED) is 0.610. The van der Waals surface area contributed by atoms with Crippen LogP contribution < -0.4 is 0 Å². The molecule has 1 heterocycles. The van der Waals surface area contributed by atoms with Gasteiger partial charge in [-0.05, 0) is 13.3 Å². The summed E-state index contributed by atoms with van der Waals surface area (Å²) in [5, 5.41) is 19.0. The first kappa shape index (κ1) is 9.96. The van der Waals surface area contributed by atoms with Crippen molar-refractivity contribution in [3.8, 4) is 0 Å². The van der Waals surface area contributed by atoms with Crippen LogP contribution >= 0.6 is 0 Å². The van der Waals surface area contributed by atoms with Crippen molar-refractivity contribution in [2.45, 2.75) is 51.6 Å². The average molecular weight is 174 g/mol. The summed E-state index contributed by atoms with van der Waals surface area (Å²) in [5.41, 5.74) is 0. The van der Waals surface area contributed by atoms with E-state index >= 15 is 0 Å². The number of hydrogen-bond donors (Lipinski definition) is 2. The highest BCUT2D eigenvalue weighted by Crippen LogP contribution is 2.27. The summed E-state index contributed by atoms with van der Waals surface area (Å²) in [4.78, 5) is 0. The molecule has 0 aromatic carbocycles. The van der Waals surface area contributed by atoms with Gasteiger partial charge in [-0.25, -0.2) is 0 Å². The monoisotopic (exact) mass is 174 g/mol. The van der Waals surface area contributed by atoms with Crippen LogP contribution in [-0.2, 0) is 4.74 Å². The molecular weight excluding hydrogens is 156 g/mol. The third kappa shape index (κ3) is 1.63. The molecule has 3 heteroatoms. The van der Waals surface area contributed by atoms with Crippen molar-refractivity contribution < 1.29 is 14.9 Å². The molecule has 1 rings (SSSR count). The number of hydrogen-bond acceptors (Lipinski definition) is 3. The molecule has 72 valence electrons. The summed E-state index contributed by atoms with van der Waals surface area (Å²) < 4.78 is 5.52. The lowest BCUT2D eigenvalue weighted by Crippen LogP contribution is -2.52. The summed E-state index contributed by atoms with van der Waals surface area (Å²) in [7, 11) is 0. The summed E-state index contributed by atoms with van der Waals surface area (Å²) >= 11 is 0. The molecule has 0 bridgehead atoms. The van der Waals surface area contributed by atoms with E-state index in [-0.39, 0.29) is 18.1 Å². The zero-order valence-corrected chi connectivity index (χ0v) is 7.90. The van der Waals surface area contributed by atoms with Gasteiger partial charge in [-0.1, -0.05) is 13.8 Å². The van der Waals surface area contributed by atoms with Gasteiger partial charge >= 0.3 is 0 Å². The molecule has 1 aliphatic rings. The van der Waals surface area contributed by atoms with Crippen molar-refractivity contribution in [1.29, 1.82) is 0 Å². The van der Waals surface area contributed by atoms with E-state index in [1.54, 1.807) is 6.92 Å². The third-order valence-electron chi connectivity index (χ3n) is 2.75. The molecule has 1 saturated heterocycles. The zero-order valence-electron chi connectivity index (χ0n) is 7.90. The number of aliphatic hydroxyl groups excluding tert-OH is 2. The largest absolute Gasteiger partial charge is 0.390 e. The summed E-state index contributed by atoms with van der Waals surface area (Å²) in [6, 6.07) is 0. The first-order valence-electron chi connectivity index (χ1n) is 4.59. The van der Waals surface area contributed by atoms with E-state index in [2.05, 4.69) is 0 Å². The number of rotatable bonds is 1. The van der Waals surface area contributed by atoms with Gasteiger partial charge in [0.2, 0.25) is 0 Å². The second kappa shape index (κ2) is 3.73. The van der Waals surface area contributed by atoms with Crippen molar-refractivity contribution in [2.75, 3.05) is 0 Å². The van der Waals surface area contributed by atoms with Gasteiger partial charge in [-0.3, -0.25) is 0 Å². The first-order chi connectivity index (χ1) is 5.57. The Morgan fingerprint density at radius 1 is 1.17 bits per heavy atom. The van der Waals surface area contributed by atoms with Crippen LogP contribution in [0.5, 0.6) is 0 Å². The van der Waals surface area contributed by atoms with E-state index in [9.17, 15) is 10.2 Å². The fraction of sp³-hybridized carbons (Fsp3) is 1.00. The highest BCUT2D eigenvalue weighted by atomic mass is 16.5. The van der Waals surface area contributed by atoms with Gasteiger partial charge in [-0.2, -0.15) is 0 Å². The third-order valence-corrected chi connectivity index (χ3v) is 2.75. The van der Waals surface area contributed by atoms with Crippen LogP contribution in [-0.4, -0.2) is 34.6 Å². The van der Waals surface area contributed by atoms with Crippen molar-refractivity contribution in [2.24, 2.45) is 5.92 Å². The number of ether oxygens (including phenoxy) is 1. The molecule has 0 saturated carbocycles. The van der Waals surface area contributed by atoms with Gasteiger partial charge in [0.1, 0.15) is 6.10 Å². The van der Waals surface area contributed by atoms with Gasteiger partial charge in [0, 0.05) is 5.92 Å². The smallest absolute Gasteiger partial charge is 0.106 e. The predicted molar refractivity (Wildman–Crippen MR) is 45.8 cm³/mol. The summed E-state index contributed by atoms with van der Waals surface area (Å²) in [6.07, 6.45) is -0.656. The van der Waals surface area contributed by atoms with Gasteiger partial charge < -0.3 is 14.9 Å². The van der Waals surface area contributed by atoms with E-state index in [4.69, 9.17) is 4.74 Å². The van der Waals surface area contributed by atoms with Crippen molar-refractivity contribution in [3.05, 3.63) is 0 Å². The maximum Gasteiger partial charge on any atom is 0.106 e. The Labute approximate surface area is 73.4 Å². The Morgan fingerprint density at radius 2 is 1.75 bits per heavy atom. The minimum absolute atomic E-state index is 0.0289. The fourth-order valence-corrected chi connectivity index (χ4v) is 1.76. The van der Waals surface area contributed by atoms with Crippen LogP contribution in [0.25, 0.3) is 0 Å². The van der Waals surface area contributed by atoms with Crippen LogP contribution in [0.1, 0.15) is 27.2 Å². The lowest BCUT2D eigenvalue weighted by Gasteiger charge is -2.40. The van der Waals surface area contributed by atoms with E-state index in [0.29, 0.717) is 0 Å². The molecule has 0 aliphatic carbocycles. The molecule has 0 radical (unpaired) electrons. The molecule has 0 amide bonds. The Morgan fingerprint density at radius 3 is 2.25 bits per heavy atom. The Hall–Kier alpha value is -0.120. The molecule has 2 N–H and O–H groups in total. The molecule has 3 nitrogen and oxygen atoms in total. The normalized spacial score (nSPS) is 49.2. The Bertz CT molecular complexity index is 144. The zero-order chi connectivity index (χ0) is 9.30. The highest BCUT2D eigenvalue weighted by Gasteiger charge is 2.38. The molecule has 2 unspecified atom stereocenters. The summed E-state index contributed by atoms with van der Waals surface area (Å²) in [6.45, 7) is 5.73.